The maximum Gasteiger partial charge on any atom is 0.160 e. The Morgan fingerprint density at radius 3 is 2.06 bits per heavy atom. The van der Waals surface area contributed by atoms with E-state index >= 15 is 0 Å². The van der Waals surface area contributed by atoms with Crippen molar-refractivity contribution in [3.63, 3.8) is 0 Å². The monoisotopic (exact) mass is 453 g/mol. The van der Waals surface area contributed by atoms with Crippen LogP contribution in [0.4, 0.5) is 10.1 Å². The molecule has 182 valence electrons. The SMILES string of the molecule is C=C(C)c1cc(NCc2c(C)cc(F)cc2C)c2nc(C)c(C)n2c1.CC.CCC(C)CC. The molecule has 0 atom stereocenters. The molecule has 3 rings (SSSR count). The van der Waals surface area contributed by atoms with Crippen LogP contribution in [0.2, 0.25) is 0 Å². The molecule has 0 bridgehead atoms. The van der Waals surface area contributed by atoms with E-state index in [1.807, 2.05) is 41.5 Å². The van der Waals surface area contributed by atoms with Crippen LogP contribution in [0, 0.1) is 39.4 Å². The standard InChI is InChI=1S/C21H24FN3.C6H14.C2H6/c1-12(2)17-9-20(21-24-15(5)16(6)25(21)11-17)23-10-19-13(3)7-18(22)8-14(19)4;1-4-6(3)5-2;1-2/h7-9,11,23H,1,10H2,2-6H3;6H,4-5H2,1-3H3;1-2H3. The van der Waals surface area contributed by atoms with Gasteiger partial charge in [-0.2, -0.15) is 0 Å². The second kappa shape index (κ2) is 13.2. The maximum atomic E-state index is 13.5. The van der Waals surface area contributed by atoms with Gasteiger partial charge in [-0.25, -0.2) is 9.37 Å². The Balaban J connectivity index is 0.000000593. The lowest BCUT2D eigenvalue weighted by Gasteiger charge is -2.14. The summed E-state index contributed by atoms with van der Waals surface area (Å²) in [4.78, 5) is 4.70. The number of rotatable bonds is 6. The fourth-order valence-electron chi connectivity index (χ4n) is 3.43. The van der Waals surface area contributed by atoms with Crippen molar-refractivity contribution in [2.24, 2.45) is 5.92 Å². The van der Waals surface area contributed by atoms with Crippen LogP contribution < -0.4 is 5.32 Å². The van der Waals surface area contributed by atoms with E-state index in [1.54, 1.807) is 12.1 Å². The van der Waals surface area contributed by atoms with E-state index in [0.717, 1.165) is 56.5 Å². The predicted molar refractivity (Wildman–Crippen MR) is 144 cm³/mol. The van der Waals surface area contributed by atoms with E-state index in [9.17, 15) is 4.39 Å². The molecule has 0 radical (unpaired) electrons. The second-order valence-corrected chi connectivity index (χ2v) is 8.69. The molecule has 0 aliphatic rings. The van der Waals surface area contributed by atoms with Crippen LogP contribution in [0.1, 0.15) is 88.0 Å². The van der Waals surface area contributed by atoms with Gasteiger partial charge in [-0.3, -0.25) is 0 Å². The molecule has 0 aliphatic carbocycles. The van der Waals surface area contributed by atoms with Crippen molar-refractivity contribution < 1.29 is 4.39 Å². The third-order valence-electron chi connectivity index (χ3n) is 6.20. The highest BCUT2D eigenvalue weighted by Crippen LogP contribution is 2.26. The van der Waals surface area contributed by atoms with Crippen LogP contribution in [0.3, 0.4) is 0 Å². The van der Waals surface area contributed by atoms with Crippen LogP contribution in [0.5, 0.6) is 0 Å². The predicted octanol–water partition coefficient (Wildman–Crippen LogP) is 8.82. The first-order valence-corrected chi connectivity index (χ1v) is 12.2. The summed E-state index contributed by atoms with van der Waals surface area (Å²) in [6, 6.07) is 5.24. The molecule has 0 amide bonds. The maximum absolute atomic E-state index is 13.5. The topological polar surface area (TPSA) is 29.3 Å². The van der Waals surface area contributed by atoms with Crippen molar-refractivity contribution in [1.29, 1.82) is 0 Å². The van der Waals surface area contributed by atoms with Gasteiger partial charge < -0.3 is 9.72 Å². The molecule has 0 unspecified atom stereocenters. The summed E-state index contributed by atoms with van der Waals surface area (Å²) < 4.78 is 15.6. The minimum atomic E-state index is -0.190. The van der Waals surface area contributed by atoms with Crippen LogP contribution in [0.15, 0.2) is 31.0 Å². The molecule has 3 nitrogen and oxygen atoms in total. The van der Waals surface area contributed by atoms with Gasteiger partial charge in [0.1, 0.15) is 5.82 Å². The minimum absolute atomic E-state index is 0.190. The first kappa shape index (κ1) is 28.4. The zero-order valence-corrected chi connectivity index (χ0v) is 22.5. The van der Waals surface area contributed by atoms with Gasteiger partial charge >= 0.3 is 0 Å². The fraction of sp³-hybridized carbons (Fsp3) is 0.483. The lowest BCUT2D eigenvalue weighted by Crippen LogP contribution is -2.06. The fourth-order valence-corrected chi connectivity index (χ4v) is 3.43. The highest BCUT2D eigenvalue weighted by molar-refractivity contribution is 5.75. The molecule has 3 aromatic rings. The molecule has 33 heavy (non-hydrogen) atoms. The molecule has 1 N–H and O–H groups in total. The second-order valence-electron chi connectivity index (χ2n) is 8.69. The number of aromatic nitrogens is 2. The Labute approximate surface area is 201 Å². The molecule has 2 heterocycles. The van der Waals surface area contributed by atoms with E-state index in [0.29, 0.717) is 6.54 Å². The smallest absolute Gasteiger partial charge is 0.160 e. The Bertz CT molecular complexity index is 1040. The van der Waals surface area contributed by atoms with Crippen molar-refractivity contribution in [1.82, 2.24) is 9.38 Å². The van der Waals surface area contributed by atoms with Crippen molar-refractivity contribution >= 4 is 16.9 Å². The number of nitrogens with zero attached hydrogens (tertiary/aromatic N) is 2. The van der Waals surface area contributed by atoms with Crippen LogP contribution >= 0.6 is 0 Å². The van der Waals surface area contributed by atoms with E-state index in [2.05, 4.69) is 56.3 Å². The Kier molecular flexibility index (Phi) is 11.3. The van der Waals surface area contributed by atoms with Gasteiger partial charge in [-0.15, -0.1) is 0 Å². The van der Waals surface area contributed by atoms with Gasteiger partial charge in [0.25, 0.3) is 0 Å². The van der Waals surface area contributed by atoms with Crippen molar-refractivity contribution in [2.45, 2.75) is 88.6 Å². The average molecular weight is 454 g/mol. The normalized spacial score (nSPS) is 10.4. The van der Waals surface area contributed by atoms with Crippen molar-refractivity contribution in [3.05, 3.63) is 70.4 Å². The summed E-state index contributed by atoms with van der Waals surface area (Å²) in [7, 11) is 0. The summed E-state index contributed by atoms with van der Waals surface area (Å²) >= 11 is 0. The van der Waals surface area contributed by atoms with Gasteiger partial charge in [0, 0.05) is 18.4 Å². The summed E-state index contributed by atoms with van der Waals surface area (Å²) in [5.74, 6) is 0.745. The van der Waals surface area contributed by atoms with Crippen molar-refractivity contribution in [3.8, 4) is 0 Å². The quantitative estimate of drug-likeness (QED) is 0.404. The van der Waals surface area contributed by atoms with E-state index < -0.39 is 0 Å². The Morgan fingerprint density at radius 2 is 1.61 bits per heavy atom. The summed E-state index contributed by atoms with van der Waals surface area (Å²) in [5, 5.41) is 3.49. The molecule has 0 fully saturated rings. The Morgan fingerprint density at radius 1 is 1.06 bits per heavy atom. The molecular formula is C29H44FN3. The third-order valence-corrected chi connectivity index (χ3v) is 6.20. The molecule has 1 aromatic carbocycles. The molecule has 0 aliphatic heterocycles. The van der Waals surface area contributed by atoms with Gasteiger partial charge in [0.2, 0.25) is 0 Å². The number of nitrogens with one attached hydrogen (secondary N) is 1. The van der Waals surface area contributed by atoms with Crippen LogP contribution in [-0.4, -0.2) is 9.38 Å². The molecule has 2 aromatic heterocycles. The number of anilines is 1. The molecule has 0 spiro atoms. The van der Waals surface area contributed by atoms with Crippen LogP contribution in [0.25, 0.3) is 11.2 Å². The van der Waals surface area contributed by atoms with E-state index in [4.69, 9.17) is 4.98 Å². The number of aryl methyl sites for hydroxylation is 4. The van der Waals surface area contributed by atoms with Gasteiger partial charge in [-0.05, 0) is 86.6 Å². The van der Waals surface area contributed by atoms with E-state index in [-0.39, 0.29) is 5.82 Å². The molecule has 0 saturated heterocycles. The number of pyridine rings is 1. The third kappa shape index (κ3) is 7.45. The number of hydrogen-bond donors (Lipinski definition) is 1. The lowest BCUT2D eigenvalue weighted by molar-refractivity contribution is 0.544. The molecule has 0 saturated carbocycles. The highest BCUT2D eigenvalue weighted by atomic mass is 19.1. The largest absolute Gasteiger partial charge is 0.378 e. The van der Waals surface area contributed by atoms with Crippen LogP contribution in [-0.2, 0) is 6.54 Å². The summed E-state index contributed by atoms with van der Waals surface area (Å²) in [5.41, 5.74) is 9.08. The number of halogens is 1. The number of allylic oxidation sites excluding steroid dienone is 1. The average Bonchev–Trinajstić information content (AvgIpc) is 3.08. The Hall–Kier alpha value is -2.62. The van der Waals surface area contributed by atoms with Crippen molar-refractivity contribution in [2.75, 3.05) is 5.32 Å². The number of imidazole rings is 1. The number of benzene rings is 1. The first-order valence-electron chi connectivity index (χ1n) is 12.2. The van der Waals surface area contributed by atoms with Gasteiger partial charge in [0.05, 0.1) is 11.4 Å². The minimum Gasteiger partial charge on any atom is -0.378 e. The zero-order chi connectivity index (χ0) is 25.3. The lowest BCUT2D eigenvalue weighted by atomic mass is 10.0. The first-order chi connectivity index (χ1) is 15.6. The van der Waals surface area contributed by atoms with Gasteiger partial charge in [0.15, 0.2) is 5.65 Å². The highest BCUT2D eigenvalue weighted by Gasteiger charge is 2.12. The zero-order valence-electron chi connectivity index (χ0n) is 22.5. The summed E-state index contributed by atoms with van der Waals surface area (Å²) in [6.45, 7) is 25.4. The van der Waals surface area contributed by atoms with Gasteiger partial charge in [-0.1, -0.05) is 54.0 Å². The summed E-state index contributed by atoms with van der Waals surface area (Å²) in [6.07, 6.45) is 4.74. The molecule has 4 heteroatoms. The number of hydrogen-bond acceptors (Lipinski definition) is 2. The van der Waals surface area contributed by atoms with E-state index in [1.165, 1.54) is 12.8 Å². The number of fused-ring (bicyclic) bond motifs is 1. The molecular weight excluding hydrogens is 409 g/mol.